The number of fused-ring (bicyclic) bond motifs is 2. The minimum Gasteiger partial charge on any atom is -0.489 e. The summed E-state index contributed by atoms with van der Waals surface area (Å²) in [6, 6.07) is 7.98. The number of aromatic nitrogens is 3. The van der Waals surface area contributed by atoms with Crippen LogP contribution in [0.15, 0.2) is 36.8 Å². The average molecular weight is 505 g/mol. The maximum absolute atomic E-state index is 12.1. The molecule has 37 heavy (non-hydrogen) atoms. The van der Waals surface area contributed by atoms with E-state index in [2.05, 4.69) is 21.4 Å². The van der Waals surface area contributed by atoms with E-state index in [-0.39, 0.29) is 24.3 Å². The SMILES string of the molecule is CC(C)(O)COc1cc(-c2ccc(N3CC4C(C3)C4OC(=O)NC(C)(C)C)nc2)c2c(C#N)cnn2c1. The van der Waals surface area contributed by atoms with E-state index < -0.39 is 5.60 Å². The van der Waals surface area contributed by atoms with Gasteiger partial charge in [-0.1, -0.05) is 0 Å². The number of nitrogens with one attached hydrogen (secondary N) is 1. The summed E-state index contributed by atoms with van der Waals surface area (Å²) in [6.45, 7) is 10.8. The van der Waals surface area contributed by atoms with Gasteiger partial charge in [0.25, 0.3) is 0 Å². The van der Waals surface area contributed by atoms with Crippen molar-refractivity contribution < 1.29 is 19.4 Å². The zero-order chi connectivity index (χ0) is 26.5. The van der Waals surface area contributed by atoms with Crippen LogP contribution in [0.4, 0.5) is 10.6 Å². The van der Waals surface area contributed by atoms with E-state index in [1.165, 1.54) is 6.20 Å². The molecular weight excluding hydrogens is 472 g/mol. The summed E-state index contributed by atoms with van der Waals surface area (Å²) in [5, 5.41) is 26.8. The Morgan fingerprint density at radius 2 is 1.95 bits per heavy atom. The molecule has 0 radical (unpaired) electrons. The Kier molecular flexibility index (Phi) is 5.99. The van der Waals surface area contributed by atoms with Gasteiger partial charge in [-0.3, -0.25) is 0 Å². The Labute approximate surface area is 215 Å². The smallest absolute Gasteiger partial charge is 0.407 e. The summed E-state index contributed by atoms with van der Waals surface area (Å²) in [5.41, 5.74) is 1.40. The fourth-order valence-electron chi connectivity index (χ4n) is 4.76. The summed E-state index contributed by atoms with van der Waals surface area (Å²) in [6.07, 6.45) is 4.61. The summed E-state index contributed by atoms with van der Waals surface area (Å²) in [4.78, 5) is 19.0. The summed E-state index contributed by atoms with van der Waals surface area (Å²) < 4.78 is 13.0. The molecule has 0 spiro atoms. The van der Waals surface area contributed by atoms with Crippen LogP contribution in [0, 0.1) is 23.2 Å². The van der Waals surface area contributed by atoms with E-state index in [9.17, 15) is 15.2 Å². The first-order valence-electron chi connectivity index (χ1n) is 12.4. The number of carbonyl (C=O) groups excluding carboxylic acids is 1. The van der Waals surface area contributed by atoms with Gasteiger partial charge in [0.2, 0.25) is 0 Å². The van der Waals surface area contributed by atoms with Gasteiger partial charge in [-0.05, 0) is 52.8 Å². The maximum Gasteiger partial charge on any atom is 0.407 e. The molecule has 2 N–H and O–H groups in total. The van der Waals surface area contributed by atoms with Crippen molar-refractivity contribution in [3.8, 4) is 22.9 Å². The van der Waals surface area contributed by atoms with Gasteiger partial charge in [0.05, 0.1) is 29.1 Å². The van der Waals surface area contributed by atoms with Crippen LogP contribution < -0.4 is 15.0 Å². The third kappa shape index (κ3) is 5.32. The predicted molar refractivity (Wildman–Crippen MR) is 137 cm³/mol. The largest absolute Gasteiger partial charge is 0.489 e. The number of rotatable bonds is 6. The number of amides is 1. The second-order valence-corrected chi connectivity index (χ2v) is 11.5. The number of carbonyl (C=O) groups is 1. The molecule has 1 amide bonds. The van der Waals surface area contributed by atoms with Crippen LogP contribution >= 0.6 is 0 Å². The Morgan fingerprint density at radius 1 is 1.22 bits per heavy atom. The van der Waals surface area contributed by atoms with Crippen LogP contribution in [-0.4, -0.2) is 62.7 Å². The van der Waals surface area contributed by atoms with Crippen LogP contribution in [0.25, 0.3) is 16.6 Å². The van der Waals surface area contributed by atoms with Gasteiger partial charge in [-0.15, -0.1) is 0 Å². The number of piperidine rings is 1. The molecule has 2 fully saturated rings. The normalized spacial score (nSPS) is 20.9. The average Bonchev–Trinajstić information content (AvgIpc) is 3.17. The second kappa shape index (κ2) is 8.92. The monoisotopic (exact) mass is 504 g/mol. The van der Waals surface area contributed by atoms with Gasteiger partial charge >= 0.3 is 6.09 Å². The Balaban J connectivity index is 1.30. The summed E-state index contributed by atoms with van der Waals surface area (Å²) in [5.74, 6) is 2.03. The molecule has 0 aromatic carbocycles. The Hall–Kier alpha value is -3.84. The number of alkyl carbamates (subject to hydrolysis) is 1. The molecule has 4 heterocycles. The van der Waals surface area contributed by atoms with Gasteiger partial charge in [0.1, 0.15) is 30.3 Å². The van der Waals surface area contributed by atoms with Crippen LogP contribution in [0.1, 0.15) is 40.2 Å². The van der Waals surface area contributed by atoms with E-state index >= 15 is 0 Å². The predicted octanol–water partition coefficient (Wildman–Crippen LogP) is 3.38. The van der Waals surface area contributed by atoms with Crippen LogP contribution in [0.3, 0.4) is 0 Å². The highest BCUT2D eigenvalue weighted by molar-refractivity contribution is 5.85. The number of hydrogen-bond donors (Lipinski definition) is 2. The zero-order valence-electron chi connectivity index (χ0n) is 21.7. The first-order valence-corrected chi connectivity index (χ1v) is 12.4. The van der Waals surface area contributed by atoms with Crippen molar-refractivity contribution in [3.05, 3.63) is 42.4 Å². The highest BCUT2D eigenvalue weighted by Crippen LogP contribution is 2.48. The van der Waals surface area contributed by atoms with Crippen molar-refractivity contribution in [3.63, 3.8) is 0 Å². The van der Waals surface area contributed by atoms with E-state index in [1.54, 1.807) is 30.8 Å². The molecule has 2 unspecified atom stereocenters. The van der Waals surface area contributed by atoms with Crippen molar-refractivity contribution in [1.82, 2.24) is 19.9 Å². The number of nitrogens with zero attached hydrogens (tertiary/aromatic N) is 5. The van der Waals surface area contributed by atoms with Gasteiger partial charge < -0.3 is 24.8 Å². The number of pyridine rings is 2. The third-order valence-corrected chi connectivity index (χ3v) is 6.52. The molecule has 10 nitrogen and oxygen atoms in total. The van der Waals surface area contributed by atoms with E-state index in [0.717, 1.165) is 30.0 Å². The molecule has 5 rings (SSSR count). The highest BCUT2D eigenvalue weighted by atomic mass is 16.6. The first kappa shape index (κ1) is 24.8. The summed E-state index contributed by atoms with van der Waals surface area (Å²) in [7, 11) is 0. The zero-order valence-corrected chi connectivity index (χ0v) is 21.7. The molecule has 0 bridgehead atoms. The van der Waals surface area contributed by atoms with Gasteiger partial charge in [-0.25, -0.2) is 14.3 Å². The van der Waals surface area contributed by atoms with Crippen molar-refractivity contribution in [2.45, 2.75) is 51.9 Å². The second-order valence-electron chi connectivity index (χ2n) is 11.5. The molecule has 2 aliphatic rings. The van der Waals surface area contributed by atoms with Gasteiger partial charge in [0.15, 0.2) is 0 Å². The van der Waals surface area contributed by atoms with Crippen molar-refractivity contribution >= 4 is 17.4 Å². The molecule has 1 saturated carbocycles. The minimum absolute atomic E-state index is 0.0379. The lowest BCUT2D eigenvalue weighted by Crippen LogP contribution is -2.42. The van der Waals surface area contributed by atoms with E-state index in [0.29, 0.717) is 28.7 Å². The Bertz CT molecular complexity index is 1350. The lowest BCUT2D eigenvalue weighted by molar-refractivity contribution is 0.0283. The summed E-state index contributed by atoms with van der Waals surface area (Å²) >= 11 is 0. The molecule has 10 heteroatoms. The molecule has 3 aromatic rings. The van der Waals surface area contributed by atoms with Gasteiger partial charge in [-0.2, -0.15) is 10.4 Å². The first-order chi connectivity index (χ1) is 17.4. The lowest BCUT2D eigenvalue weighted by Gasteiger charge is -2.23. The molecule has 194 valence electrons. The van der Waals surface area contributed by atoms with Crippen molar-refractivity contribution in [1.29, 1.82) is 5.26 Å². The standard InChI is InChI=1S/C27H32N6O4/c1-26(2,3)31-25(34)37-24-20-13-32(14-21(20)24)22-7-6-16(10-29-22)19-8-18(36-15-27(4,5)35)12-33-23(19)17(9-28)11-30-33/h6-8,10-12,20-21,24,35H,13-15H2,1-5H3,(H,31,34). The fraction of sp³-hybridized carbons (Fsp3) is 0.481. The van der Waals surface area contributed by atoms with E-state index in [1.807, 2.05) is 39.0 Å². The van der Waals surface area contributed by atoms with Crippen molar-refractivity contribution in [2.75, 3.05) is 24.6 Å². The number of ether oxygens (including phenoxy) is 2. The molecule has 3 aromatic heterocycles. The number of nitriles is 1. The van der Waals surface area contributed by atoms with E-state index in [4.69, 9.17) is 14.5 Å². The minimum atomic E-state index is -0.989. The van der Waals surface area contributed by atoms with Crippen LogP contribution in [-0.2, 0) is 4.74 Å². The third-order valence-electron chi connectivity index (χ3n) is 6.52. The highest BCUT2D eigenvalue weighted by Gasteiger charge is 2.59. The lowest BCUT2D eigenvalue weighted by atomic mass is 10.1. The topological polar surface area (TPSA) is 125 Å². The fourth-order valence-corrected chi connectivity index (χ4v) is 4.76. The molecular formula is C27H32N6O4. The molecule has 1 saturated heterocycles. The van der Waals surface area contributed by atoms with Gasteiger partial charge in [0, 0.05) is 47.8 Å². The quantitative estimate of drug-likeness (QED) is 0.523. The number of anilines is 1. The van der Waals surface area contributed by atoms with Crippen molar-refractivity contribution in [2.24, 2.45) is 11.8 Å². The number of aliphatic hydroxyl groups is 1. The molecule has 1 aliphatic heterocycles. The van der Waals surface area contributed by atoms with Crippen LogP contribution in [0.5, 0.6) is 5.75 Å². The molecule has 1 aliphatic carbocycles. The van der Waals surface area contributed by atoms with Crippen LogP contribution in [0.2, 0.25) is 0 Å². The Morgan fingerprint density at radius 3 is 2.54 bits per heavy atom. The number of hydrogen-bond acceptors (Lipinski definition) is 8. The molecule has 2 atom stereocenters. The maximum atomic E-state index is 12.1.